The molecular formula is C15H15N5. The summed E-state index contributed by atoms with van der Waals surface area (Å²) >= 11 is 0. The number of hydrogen-bond donors (Lipinski definition) is 2. The Morgan fingerprint density at radius 3 is 2.30 bits per heavy atom. The van der Waals surface area contributed by atoms with Crippen LogP contribution in [0.3, 0.4) is 0 Å². The highest BCUT2D eigenvalue weighted by Crippen LogP contribution is 2.33. The van der Waals surface area contributed by atoms with Crippen LogP contribution in [0.1, 0.15) is 11.3 Å². The maximum Gasteiger partial charge on any atom is 0.222 e. The first-order valence-corrected chi connectivity index (χ1v) is 6.33. The van der Waals surface area contributed by atoms with Gasteiger partial charge in [-0.3, -0.25) is 0 Å². The molecule has 5 heteroatoms. The van der Waals surface area contributed by atoms with E-state index in [1.165, 1.54) is 0 Å². The van der Waals surface area contributed by atoms with Gasteiger partial charge in [0.25, 0.3) is 0 Å². The Morgan fingerprint density at radius 1 is 0.900 bits per heavy atom. The minimum atomic E-state index is 0.216. The van der Waals surface area contributed by atoms with E-state index in [4.69, 9.17) is 11.5 Å². The highest BCUT2D eigenvalue weighted by Gasteiger charge is 2.15. The number of nitrogens with zero attached hydrogens (tertiary/aromatic N) is 3. The Balaban J connectivity index is 2.41. The van der Waals surface area contributed by atoms with E-state index in [9.17, 15) is 0 Å². The van der Waals surface area contributed by atoms with E-state index in [0.29, 0.717) is 11.5 Å². The average Bonchev–Trinajstić information content (AvgIpc) is 2.38. The van der Waals surface area contributed by atoms with Crippen molar-refractivity contribution in [2.45, 2.75) is 13.8 Å². The van der Waals surface area contributed by atoms with Crippen LogP contribution < -0.4 is 11.5 Å². The van der Waals surface area contributed by atoms with Gasteiger partial charge in [0.15, 0.2) is 5.65 Å². The maximum absolute atomic E-state index is 6.11. The van der Waals surface area contributed by atoms with E-state index in [1.54, 1.807) is 0 Å². The monoisotopic (exact) mass is 265 g/mol. The van der Waals surface area contributed by atoms with E-state index < -0.39 is 0 Å². The molecule has 0 saturated heterocycles. The number of anilines is 2. The molecule has 3 aromatic rings. The van der Waals surface area contributed by atoms with E-state index in [0.717, 1.165) is 27.8 Å². The van der Waals surface area contributed by atoms with Crippen LogP contribution in [0.5, 0.6) is 0 Å². The number of hydrogen-bond acceptors (Lipinski definition) is 5. The lowest BCUT2D eigenvalue weighted by Crippen LogP contribution is -2.04. The summed E-state index contributed by atoms with van der Waals surface area (Å²) in [5.74, 6) is 0.674. The molecule has 100 valence electrons. The third-order valence-corrected chi connectivity index (χ3v) is 3.38. The summed E-state index contributed by atoms with van der Waals surface area (Å²) in [6.45, 7) is 3.91. The van der Waals surface area contributed by atoms with Gasteiger partial charge in [-0.1, -0.05) is 30.3 Å². The molecule has 4 N–H and O–H groups in total. The molecule has 0 unspecified atom stereocenters. The molecule has 0 spiro atoms. The summed E-state index contributed by atoms with van der Waals surface area (Å²) < 4.78 is 0. The molecule has 3 rings (SSSR count). The summed E-state index contributed by atoms with van der Waals surface area (Å²) in [6.07, 6.45) is 0. The van der Waals surface area contributed by atoms with Gasteiger partial charge >= 0.3 is 0 Å². The van der Waals surface area contributed by atoms with Gasteiger partial charge in [-0.25, -0.2) is 9.97 Å². The molecule has 1 aromatic carbocycles. The average molecular weight is 265 g/mol. The first kappa shape index (κ1) is 12.3. The number of nitrogens with two attached hydrogens (primary N) is 2. The van der Waals surface area contributed by atoms with Crippen molar-refractivity contribution in [1.29, 1.82) is 0 Å². The molecule has 0 aliphatic heterocycles. The molecule has 0 atom stereocenters. The molecule has 0 aliphatic rings. The molecule has 0 amide bonds. The van der Waals surface area contributed by atoms with Crippen LogP contribution in [0, 0.1) is 13.8 Å². The van der Waals surface area contributed by atoms with Crippen molar-refractivity contribution in [2.24, 2.45) is 0 Å². The number of aromatic nitrogens is 3. The zero-order chi connectivity index (χ0) is 14.3. The van der Waals surface area contributed by atoms with Gasteiger partial charge in [0.05, 0.1) is 5.69 Å². The van der Waals surface area contributed by atoms with Crippen molar-refractivity contribution in [3.8, 4) is 11.1 Å². The second-order valence-electron chi connectivity index (χ2n) is 4.73. The Morgan fingerprint density at radius 2 is 1.60 bits per heavy atom. The number of rotatable bonds is 1. The second-order valence-corrected chi connectivity index (χ2v) is 4.73. The molecule has 2 aromatic heterocycles. The summed E-state index contributed by atoms with van der Waals surface area (Å²) in [5.41, 5.74) is 16.1. The molecule has 2 heterocycles. The summed E-state index contributed by atoms with van der Waals surface area (Å²) in [6, 6.07) is 9.95. The summed E-state index contributed by atoms with van der Waals surface area (Å²) in [7, 11) is 0. The fraction of sp³-hybridized carbons (Fsp3) is 0.133. The number of fused-ring (bicyclic) bond motifs is 1. The van der Waals surface area contributed by atoms with Crippen molar-refractivity contribution < 1.29 is 0 Å². The van der Waals surface area contributed by atoms with Crippen LogP contribution in [0.2, 0.25) is 0 Å². The lowest BCUT2D eigenvalue weighted by molar-refractivity contribution is 1.14. The smallest absolute Gasteiger partial charge is 0.222 e. The quantitative estimate of drug-likeness (QED) is 0.705. The zero-order valence-corrected chi connectivity index (χ0v) is 11.4. The van der Waals surface area contributed by atoms with Crippen LogP contribution in [0.25, 0.3) is 22.2 Å². The maximum atomic E-state index is 6.11. The Labute approximate surface area is 116 Å². The standard InChI is InChI=1S/C15H15N5/c1-8-11-9(2)18-15(17)20-14(11)19-13(16)12(8)10-6-4-3-5-7-10/h3-7H,1-2H3,(H4,16,17,18,19,20). The SMILES string of the molecule is Cc1nc(N)nc2nc(N)c(-c3ccccc3)c(C)c12. The number of nitrogen functional groups attached to an aromatic ring is 2. The molecular weight excluding hydrogens is 250 g/mol. The van der Waals surface area contributed by atoms with E-state index in [1.807, 2.05) is 44.2 Å². The van der Waals surface area contributed by atoms with Gasteiger partial charge in [-0.15, -0.1) is 0 Å². The predicted molar refractivity (Wildman–Crippen MR) is 81.1 cm³/mol. The number of aryl methyl sites for hydroxylation is 2. The van der Waals surface area contributed by atoms with Crippen molar-refractivity contribution in [1.82, 2.24) is 15.0 Å². The second kappa shape index (κ2) is 4.45. The Kier molecular flexibility index (Phi) is 2.75. The Bertz CT molecular complexity index is 796. The fourth-order valence-electron chi connectivity index (χ4n) is 2.56. The highest BCUT2D eigenvalue weighted by atomic mass is 15.0. The first-order chi connectivity index (χ1) is 9.58. The van der Waals surface area contributed by atoms with Crippen LogP contribution in [0.15, 0.2) is 30.3 Å². The van der Waals surface area contributed by atoms with Gasteiger partial charge in [-0.05, 0) is 25.0 Å². The lowest BCUT2D eigenvalue weighted by atomic mass is 9.98. The topological polar surface area (TPSA) is 90.7 Å². The van der Waals surface area contributed by atoms with Gasteiger partial charge in [0.2, 0.25) is 5.95 Å². The van der Waals surface area contributed by atoms with Gasteiger partial charge < -0.3 is 11.5 Å². The van der Waals surface area contributed by atoms with Crippen LogP contribution in [-0.4, -0.2) is 15.0 Å². The number of pyridine rings is 1. The molecule has 0 saturated carbocycles. The summed E-state index contributed by atoms with van der Waals surface area (Å²) in [5, 5.41) is 0.909. The van der Waals surface area contributed by atoms with Gasteiger partial charge in [0, 0.05) is 10.9 Å². The highest BCUT2D eigenvalue weighted by molar-refractivity contribution is 5.93. The molecule has 0 aliphatic carbocycles. The zero-order valence-electron chi connectivity index (χ0n) is 11.4. The molecule has 0 fully saturated rings. The molecule has 20 heavy (non-hydrogen) atoms. The Hall–Kier alpha value is -2.69. The van der Waals surface area contributed by atoms with Crippen molar-refractivity contribution >= 4 is 22.8 Å². The molecule has 0 bridgehead atoms. The van der Waals surface area contributed by atoms with Gasteiger partial charge in [-0.2, -0.15) is 4.98 Å². The van der Waals surface area contributed by atoms with Crippen molar-refractivity contribution in [3.63, 3.8) is 0 Å². The third kappa shape index (κ3) is 1.84. The minimum Gasteiger partial charge on any atom is -0.383 e. The normalized spacial score (nSPS) is 10.9. The third-order valence-electron chi connectivity index (χ3n) is 3.38. The molecule has 0 radical (unpaired) electrons. The predicted octanol–water partition coefficient (Wildman–Crippen LogP) is 2.47. The van der Waals surface area contributed by atoms with Gasteiger partial charge in [0.1, 0.15) is 5.82 Å². The first-order valence-electron chi connectivity index (χ1n) is 6.33. The number of benzene rings is 1. The van der Waals surface area contributed by atoms with Crippen molar-refractivity contribution in [3.05, 3.63) is 41.6 Å². The molecule has 5 nitrogen and oxygen atoms in total. The van der Waals surface area contributed by atoms with Crippen LogP contribution >= 0.6 is 0 Å². The van der Waals surface area contributed by atoms with E-state index in [-0.39, 0.29) is 5.95 Å². The largest absolute Gasteiger partial charge is 0.383 e. The van der Waals surface area contributed by atoms with E-state index >= 15 is 0 Å². The van der Waals surface area contributed by atoms with Crippen LogP contribution in [-0.2, 0) is 0 Å². The summed E-state index contributed by atoms with van der Waals surface area (Å²) in [4.78, 5) is 12.8. The lowest BCUT2D eigenvalue weighted by Gasteiger charge is -2.13. The van der Waals surface area contributed by atoms with Crippen molar-refractivity contribution in [2.75, 3.05) is 11.5 Å². The minimum absolute atomic E-state index is 0.216. The van der Waals surface area contributed by atoms with E-state index in [2.05, 4.69) is 15.0 Å². The fourth-order valence-corrected chi connectivity index (χ4v) is 2.56. The van der Waals surface area contributed by atoms with Crippen LogP contribution in [0.4, 0.5) is 11.8 Å².